The molecule has 0 bridgehead atoms. The molecule has 3 heterocycles. The molecule has 4 fully saturated rings. The van der Waals surface area contributed by atoms with Gasteiger partial charge in [0.25, 0.3) is 0 Å². The van der Waals surface area contributed by atoms with Gasteiger partial charge in [0.05, 0.1) is 26.4 Å². The highest BCUT2D eigenvalue weighted by molar-refractivity contribution is 7.47. The van der Waals surface area contributed by atoms with Crippen molar-refractivity contribution < 1.29 is 137 Å². The van der Waals surface area contributed by atoms with Crippen LogP contribution < -0.4 is 0 Å². The Labute approximate surface area is 535 Å². The molecule has 10 unspecified atom stereocenters. The zero-order valence-corrected chi connectivity index (χ0v) is 54.0. The van der Waals surface area contributed by atoms with Crippen molar-refractivity contribution in [2.75, 3.05) is 33.0 Å². The molecule has 3 aliphatic heterocycles. The molecule has 4 rings (SSSR count). The Morgan fingerprint density at radius 2 is 0.846 bits per heavy atom. The first-order chi connectivity index (χ1) is 43.6. The predicted molar refractivity (Wildman–Crippen MR) is 324 cm³/mol. The topological polar surface area (TPSA) is 447 Å². The fourth-order valence-electron chi connectivity index (χ4n) is 11.2. The zero-order chi connectivity index (χ0) is 66.9. The van der Waals surface area contributed by atoms with Crippen LogP contribution in [0, 0.1) is 0 Å². The van der Waals surface area contributed by atoms with E-state index in [9.17, 15) is 90.5 Å². The number of hydrogen-bond acceptors (Lipinski definition) is 27. The number of carbonyl (C=O) groups excluding carboxylic acids is 2. The Balaban J connectivity index is 1.48. The smallest absolute Gasteiger partial charge is 0.462 e. The van der Waals surface area contributed by atoms with E-state index in [1.54, 1.807) is 0 Å². The summed E-state index contributed by atoms with van der Waals surface area (Å²) >= 11 is 0. The average Bonchev–Trinajstić information content (AvgIpc) is 1.05. The van der Waals surface area contributed by atoms with Crippen molar-refractivity contribution in [3.05, 3.63) is 24.3 Å². The first kappa shape index (κ1) is 81.2. The van der Waals surface area contributed by atoms with Crippen LogP contribution in [0.5, 0.6) is 0 Å². The first-order valence-corrected chi connectivity index (χ1v) is 34.7. The Bertz CT molecular complexity index is 2060. The van der Waals surface area contributed by atoms with Crippen LogP contribution >= 0.6 is 7.82 Å². The molecule has 15 N–H and O–H groups in total. The van der Waals surface area contributed by atoms with Gasteiger partial charge in [-0.25, -0.2) is 4.57 Å². The van der Waals surface area contributed by atoms with E-state index in [4.69, 9.17) is 46.9 Å². The SMILES string of the molecule is CCC/C=C\C/C=C\CCCCCCCC(=O)O[C@H](COC(=O)CCCCCCCCCCCCCCCCCC)COP(=O)(O)O[C@@H]1C(O[C@@H]2OC(CO[C@@H]3OC(CO)[C@H](O)C(O)[C@@H]3O)[C@H](O)C(O)[C@@H]2O)C(O)[C@@H](O)C(O)[C@H]1O[C@H]1OC(CO)[C@@H](O)C(O)[C@H]1O. The van der Waals surface area contributed by atoms with Crippen LogP contribution in [-0.2, 0) is 61.1 Å². The van der Waals surface area contributed by atoms with E-state index in [-0.39, 0.29) is 12.8 Å². The number of allylic oxidation sites excluding steroid dienone is 4. The Morgan fingerprint density at radius 3 is 1.33 bits per heavy atom. The number of phosphoric acid groups is 1. The molecule has 0 aromatic heterocycles. The van der Waals surface area contributed by atoms with Gasteiger partial charge in [-0.15, -0.1) is 0 Å². The summed E-state index contributed by atoms with van der Waals surface area (Å²) in [6.45, 7) is -0.0135. The zero-order valence-electron chi connectivity index (χ0n) is 53.1. The average molecular weight is 1340 g/mol. The molecule has 0 amide bonds. The van der Waals surface area contributed by atoms with Gasteiger partial charge in [-0.1, -0.05) is 160 Å². The minimum absolute atomic E-state index is 0.0180. The van der Waals surface area contributed by atoms with Crippen LogP contribution in [0.1, 0.15) is 187 Å². The predicted octanol–water partition coefficient (Wildman–Crippen LogP) is 1.92. The van der Waals surface area contributed by atoms with Crippen molar-refractivity contribution in [1.82, 2.24) is 0 Å². The van der Waals surface area contributed by atoms with E-state index >= 15 is 0 Å². The van der Waals surface area contributed by atoms with E-state index in [1.807, 2.05) is 0 Å². The van der Waals surface area contributed by atoms with E-state index in [2.05, 4.69) is 38.2 Å². The third-order valence-electron chi connectivity index (χ3n) is 16.8. The van der Waals surface area contributed by atoms with Gasteiger partial charge < -0.3 is 114 Å². The molecule has 3 saturated heterocycles. The maximum Gasteiger partial charge on any atom is 0.472 e. The molecule has 0 aromatic rings. The van der Waals surface area contributed by atoms with E-state index in [0.29, 0.717) is 19.3 Å². The third kappa shape index (κ3) is 28.0. The monoisotopic (exact) mass is 1330 g/mol. The molecule has 532 valence electrons. The normalized spacial score (nSPS) is 34.1. The lowest BCUT2D eigenvalue weighted by atomic mass is 9.84. The molecule has 4 aliphatic rings. The summed E-state index contributed by atoms with van der Waals surface area (Å²) < 4.78 is 69.8. The maximum atomic E-state index is 14.3. The summed E-state index contributed by atoms with van der Waals surface area (Å²) in [6, 6.07) is 0. The minimum atomic E-state index is -5.76. The Morgan fingerprint density at radius 1 is 0.440 bits per heavy atom. The molecule has 91 heavy (non-hydrogen) atoms. The molecule has 1 aliphatic carbocycles. The highest BCUT2D eigenvalue weighted by Gasteiger charge is 2.58. The fourth-order valence-corrected chi connectivity index (χ4v) is 12.1. The molecule has 1 saturated carbocycles. The highest BCUT2D eigenvalue weighted by atomic mass is 31.2. The van der Waals surface area contributed by atoms with Gasteiger partial charge in [-0.05, 0) is 38.5 Å². The number of esters is 2. The third-order valence-corrected chi connectivity index (χ3v) is 17.8. The van der Waals surface area contributed by atoms with Crippen molar-refractivity contribution in [3.8, 4) is 0 Å². The number of hydrogen-bond donors (Lipinski definition) is 15. The van der Waals surface area contributed by atoms with E-state index in [1.165, 1.54) is 64.2 Å². The Hall–Kier alpha value is -2.27. The number of aliphatic hydroxyl groups is 14. The van der Waals surface area contributed by atoms with Crippen molar-refractivity contribution in [2.45, 2.75) is 322 Å². The molecule has 23 atom stereocenters. The van der Waals surface area contributed by atoms with Gasteiger partial charge in [-0.3, -0.25) is 18.6 Å². The van der Waals surface area contributed by atoms with Gasteiger partial charge in [-0.2, -0.15) is 0 Å². The van der Waals surface area contributed by atoms with Gasteiger partial charge in [0, 0.05) is 12.8 Å². The molecule has 0 spiro atoms. The fraction of sp³-hybridized carbons (Fsp3) is 0.903. The number of carbonyl (C=O) groups is 2. The van der Waals surface area contributed by atoms with E-state index < -0.39 is 188 Å². The van der Waals surface area contributed by atoms with Gasteiger partial charge in [0.2, 0.25) is 0 Å². The van der Waals surface area contributed by atoms with Crippen LogP contribution in [0.15, 0.2) is 24.3 Å². The summed E-state index contributed by atoms with van der Waals surface area (Å²) in [5.74, 6) is -1.42. The second-order valence-corrected chi connectivity index (χ2v) is 25.8. The highest BCUT2D eigenvalue weighted by Crippen LogP contribution is 2.49. The standard InChI is InChI=1S/C62H111O28P/c1-3-5-7-9-11-13-15-17-18-19-21-22-24-26-28-30-32-43(65)81-36-39(84-44(66)33-31-29-27-25-23-20-16-14-12-10-8-6-4-2)37-83-91(79,80)90-59-57(88-61-55(77)49(71)46(68)41(35-64)86-61)52(74)51(73)53(75)58(59)89-62-56(78)50(72)47(69)42(87-62)38-82-60-54(76)48(70)45(67)40(34-63)85-60/h8,10,14,16,39-42,45-64,67-78H,3-7,9,11-13,15,17-38H2,1-2H3,(H,79,80)/b10-8-,16-14-/t39-,40?,41?,42?,45+,46-,47+,48?,49?,50?,51+,52?,53?,54+,55-,56+,57-,58?,59+,60-,61-,62+/m1/s1. The van der Waals surface area contributed by atoms with Crippen LogP contribution in [-0.4, -0.2) is 256 Å². The molecular weight excluding hydrogens is 1220 g/mol. The quantitative estimate of drug-likeness (QED) is 0.0179. The second-order valence-electron chi connectivity index (χ2n) is 24.4. The summed E-state index contributed by atoms with van der Waals surface area (Å²) in [4.78, 5) is 37.9. The van der Waals surface area contributed by atoms with Gasteiger partial charge in [0.15, 0.2) is 25.0 Å². The molecule has 29 heteroatoms. The maximum absolute atomic E-state index is 14.3. The molecular formula is C62H111O28P. The second kappa shape index (κ2) is 44.5. The number of phosphoric ester groups is 1. The number of rotatable bonds is 46. The van der Waals surface area contributed by atoms with Crippen molar-refractivity contribution in [2.24, 2.45) is 0 Å². The van der Waals surface area contributed by atoms with Crippen molar-refractivity contribution in [3.63, 3.8) is 0 Å². The van der Waals surface area contributed by atoms with Crippen LogP contribution in [0.4, 0.5) is 0 Å². The van der Waals surface area contributed by atoms with Crippen LogP contribution in [0.25, 0.3) is 0 Å². The van der Waals surface area contributed by atoms with Crippen molar-refractivity contribution in [1.29, 1.82) is 0 Å². The summed E-state index contributed by atoms with van der Waals surface area (Å²) in [6.07, 6.45) is -11.1. The number of ether oxygens (including phenoxy) is 8. The lowest BCUT2D eigenvalue weighted by molar-refractivity contribution is -0.364. The number of aliphatic hydroxyl groups excluding tert-OH is 14. The van der Waals surface area contributed by atoms with Crippen molar-refractivity contribution >= 4 is 19.8 Å². The minimum Gasteiger partial charge on any atom is -0.462 e. The first-order valence-electron chi connectivity index (χ1n) is 33.2. The molecule has 0 aromatic carbocycles. The summed E-state index contributed by atoms with van der Waals surface area (Å²) in [5.41, 5.74) is 0. The number of unbranched alkanes of at least 4 members (excludes halogenated alkanes) is 21. The lowest BCUT2D eigenvalue weighted by Crippen LogP contribution is -2.69. The Kier molecular flexibility index (Phi) is 39.7. The van der Waals surface area contributed by atoms with Gasteiger partial charge >= 0.3 is 19.8 Å². The van der Waals surface area contributed by atoms with Crippen LogP contribution in [0.3, 0.4) is 0 Å². The molecule has 28 nitrogen and oxygen atoms in total. The molecule has 0 radical (unpaired) electrons. The summed E-state index contributed by atoms with van der Waals surface area (Å²) in [7, 11) is -5.76. The van der Waals surface area contributed by atoms with E-state index in [0.717, 1.165) is 77.0 Å². The summed E-state index contributed by atoms with van der Waals surface area (Å²) in [5, 5.41) is 150. The largest absolute Gasteiger partial charge is 0.472 e. The van der Waals surface area contributed by atoms with Crippen LogP contribution in [0.2, 0.25) is 0 Å². The van der Waals surface area contributed by atoms with Gasteiger partial charge in [0.1, 0.15) is 116 Å². The lowest BCUT2D eigenvalue weighted by Gasteiger charge is -2.49.